The molecule has 0 unspecified atom stereocenters. The molecule has 1 aromatic heterocycles. The van der Waals surface area contributed by atoms with Gasteiger partial charge in [-0.25, -0.2) is 4.98 Å². The fourth-order valence-electron chi connectivity index (χ4n) is 2.63. The Kier molecular flexibility index (Phi) is 8.28. The summed E-state index contributed by atoms with van der Waals surface area (Å²) < 4.78 is 6.66. The van der Waals surface area contributed by atoms with Crippen molar-refractivity contribution in [2.24, 2.45) is 0 Å². The number of nitrogens with zero attached hydrogens (tertiary/aromatic N) is 1. The van der Waals surface area contributed by atoms with Gasteiger partial charge >= 0.3 is 29.6 Å². The van der Waals surface area contributed by atoms with Crippen LogP contribution in [0.4, 0.5) is 0 Å². The van der Waals surface area contributed by atoms with Crippen LogP contribution >= 0.6 is 27.5 Å². The monoisotopic (exact) mass is 465 g/mol. The van der Waals surface area contributed by atoms with E-state index in [0.29, 0.717) is 16.5 Å². The van der Waals surface area contributed by atoms with Gasteiger partial charge in [-0.1, -0.05) is 64.4 Å². The van der Waals surface area contributed by atoms with E-state index in [9.17, 15) is 9.90 Å². The second kappa shape index (κ2) is 10.2. The molecule has 0 N–H and O–H groups in total. The third kappa shape index (κ3) is 5.46. The normalized spacial score (nSPS) is 10.1. The average Bonchev–Trinajstić information content (AvgIpc) is 2.67. The molecule has 0 amide bonds. The molecule has 3 aromatic rings. The molecule has 0 atom stereocenters. The van der Waals surface area contributed by atoms with Crippen LogP contribution in [0.15, 0.2) is 76.7 Å². The predicted molar refractivity (Wildman–Crippen MR) is 108 cm³/mol. The number of pyridine rings is 1. The number of carbonyl (C=O) groups is 1. The third-order valence-corrected chi connectivity index (χ3v) is 4.38. The second-order valence-electron chi connectivity index (χ2n) is 5.69. The van der Waals surface area contributed by atoms with E-state index in [-0.39, 0.29) is 41.9 Å². The third-order valence-electron chi connectivity index (χ3n) is 3.78. The van der Waals surface area contributed by atoms with Crippen molar-refractivity contribution in [2.45, 2.75) is 0 Å². The standard InChI is InChI=1S/C21H15BrClNO3.Na/c1-13(23)12-27-20-10-9-14(22)11-17(20)15-5-2-3-6-16(15)18-7-4-8-19(24-18)21(25)26;/h2-11H,1,12H2,(H,25,26);/q;+1/p-1. The molecule has 0 aliphatic heterocycles. The van der Waals surface area contributed by atoms with E-state index in [4.69, 9.17) is 16.3 Å². The van der Waals surface area contributed by atoms with Crippen LogP contribution in [0.25, 0.3) is 22.4 Å². The van der Waals surface area contributed by atoms with Gasteiger partial charge in [-0.2, -0.15) is 0 Å². The molecule has 3 rings (SSSR count). The summed E-state index contributed by atoms with van der Waals surface area (Å²) in [5, 5.41) is 11.6. The Balaban J connectivity index is 0.00000280. The van der Waals surface area contributed by atoms with E-state index in [2.05, 4.69) is 27.5 Å². The summed E-state index contributed by atoms with van der Waals surface area (Å²) in [5.41, 5.74) is 2.84. The van der Waals surface area contributed by atoms with Gasteiger partial charge < -0.3 is 14.6 Å². The van der Waals surface area contributed by atoms with Crippen LogP contribution < -0.4 is 39.4 Å². The molecule has 0 radical (unpaired) electrons. The summed E-state index contributed by atoms with van der Waals surface area (Å²) in [5.74, 6) is -0.690. The molecule has 0 aliphatic carbocycles. The van der Waals surface area contributed by atoms with Gasteiger partial charge in [0.25, 0.3) is 0 Å². The van der Waals surface area contributed by atoms with Gasteiger partial charge in [0, 0.05) is 20.6 Å². The van der Waals surface area contributed by atoms with Crippen LogP contribution in [-0.2, 0) is 0 Å². The SMILES string of the molecule is C=C(Cl)COc1ccc(Br)cc1-c1ccccc1-c1cccc(C(=O)[O-])n1.[Na+]. The Morgan fingerprint density at radius 3 is 2.46 bits per heavy atom. The number of carbonyl (C=O) groups excluding carboxylic acids is 1. The quantitative estimate of drug-likeness (QED) is 0.519. The number of hydrogen-bond donors (Lipinski definition) is 0. The molecule has 0 fully saturated rings. The van der Waals surface area contributed by atoms with Gasteiger partial charge in [-0.05, 0) is 35.9 Å². The van der Waals surface area contributed by atoms with Crippen molar-refractivity contribution >= 4 is 33.5 Å². The Labute approximate surface area is 198 Å². The number of carboxylic acid groups (broad SMARTS) is 1. The molecule has 0 saturated carbocycles. The summed E-state index contributed by atoms with van der Waals surface area (Å²) >= 11 is 9.32. The smallest absolute Gasteiger partial charge is 0.543 e. The van der Waals surface area contributed by atoms with Crippen molar-refractivity contribution in [3.63, 3.8) is 0 Å². The Morgan fingerprint density at radius 1 is 1.07 bits per heavy atom. The topological polar surface area (TPSA) is 62.2 Å². The zero-order valence-electron chi connectivity index (χ0n) is 15.1. The van der Waals surface area contributed by atoms with Crippen LogP contribution in [0.2, 0.25) is 0 Å². The van der Waals surface area contributed by atoms with E-state index < -0.39 is 5.97 Å². The number of halogens is 2. The van der Waals surface area contributed by atoms with E-state index >= 15 is 0 Å². The van der Waals surface area contributed by atoms with Crippen LogP contribution in [0.5, 0.6) is 5.75 Å². The van der Waals surface area contributed by atoms with Crippen LogP contribution in [0, 0.1) is 0 Å². The van der Waals surface area contributed by atoms with Crippen LogP contribution in [0.3, 0.4) is 0 Å². The van der Waals surface area contributed by atoms with Gasteiger partial charge in [0.05, 0.1) is 17.4 Å². The molecule has 136 valence electrons. The molecule has 28 heavy (non-hydrogen) atoms. The number of benzene rings is 2. The molecule has 0 saturated heterocycles. The van der Waals surface area contributed by atoms with Crippen molar-refractivity contribution in [3.8, 4) is 28.1 Å². The minimum atomic E-state index is -1.32. The van der Waals surface area contributed by atoms with E-state index in [1.807, 2.05) is 42.5 Å². The Hall–Kier alpha value is -1.63. The summed E-state index contributed by atoms with van der Waals surface area (Å²) in [6.07, 6.45) is 0. The first-order valence-corrected chi connectivity index (χ1v) is 9.16. The van der Waals surface area contributed by atoms with Gasteiger partial charge in [0.15, 0.2) is 0 Å². The van der Waals surface area contributed by atoms with Crippen molar-refractivity contribution in [1.82, 2.24) is 4.98 Å². The van der Waals surface area contributed by atoms with Gasteiger partial charge in [0.1, 0.15) is 12.4 Å². The zero-order chi connectivity index (χ0) is 19.4. The van der Waals surface area contributed by atoms with Crippen molar-refractivity contribution < 1.29 is 44.2 Å². The number of hydrogen-bond acceptors (Lipinski definition) is 4. The minimum Gasteiger partial charge on any atom is -0.543 e. The fraction of sp³-hybridized carbons (Fsp3) is 0.0476. The first-order valence-electron chi connectivity index (χ1n) is 7.99. The summed E-state index contributed by atoms with van der Waals surface area (Å²) in [4.78, 5) is 15.4. The largest absolute Gasteiger partial charge is 1.00 e. The number of ether oxygens (including phenoxy) is 1. The molecule has 2 aromatic carbocycles. The summed E-state index contributed by atoms with van der Waals surface area (Å²) in [6, 6.07) is 18.0. The Morgan fingerprint density at radius 2 is 1.79 bits per heavy atom. The molecule has 0 bridgehead atoms. The first kappa shape index (κ1) is 22.7. The molecule has 1 heterocycles. The molecule has 4 nitrogen and oxygen atoms in total. The summed E-state index contributed by atoms with van der Waals surface area (Å²) in [7, 11) is 0. The fourth-order valence-corrected chi connectivity index (χ4v) is 3.05. The summed E-state index contributed by atoms with van der Waals surface area (Å²) in [6.45, 7) is 3.82. The maximum absolute atomic E-state index is 11.2. The number of aromatic carboxylic acids is 1. The number of aromatic nitrogens is 1. The van der Waals surface area contributed by atoms with Crippen LogP contribution in [0.1, 0.15) is 10.5 Å². The Bertz CT molecular complexity index is 1030. The van der Waals surface area contributed by atoms with Gasteiger partial charge in [-0.3, -0.25) is 0 Å². The average molecular weight is 467 g/mol. The van der Waals surface area contributed by atoms with Gasteiger partial charge in [0.2, 0.25) is 0 Å². The molecular weight excluding hydrogens is 453 g/mol. The maximum atomic E-state index is 11.2. The maximum Gasteiger partial charge on any atom is 1.00 e. The molecule has 0 spiro atoms. The molecule has 7 heteroatoms. The predicted octanol–water partition coefficient (Wildman–Crippen LogP) is 1.68. The molecular formula is C21H14BrClNNaO3. The van der Waals surface area contributed by atoms with Gasteiger partial charge in [-0.15, -0.1) is 0 Å². The molecule has 0 aliphatic rings. The van der Waals surface area contributed by atoms with Crippen molar-refractivity contribution in [1.29, 1.82) is 0 Å². The van der Waals surface area contributed by atoms with E-state index in [0.717, 1.165) is 21.2 Å². The first-order chi connectivity index (χ1) is 13.0. The second-order valence-corrected chi connectivity index (χ2v) is 7.14. The van der Waals surface area contributed by atoms with Crippen molar-refractivity contribution in [2.75, 3.05) is 6.61 Å². The number of rotatable bonds is 6. The van der Waals surface area contributed by atoms with E-state index in [1.165, 1.54) is 6.07 Å². The zero-order valence-corrected chi connectivity index (χ0v) is 19.5. The van der Waals surface area contributed by atoms with Crippen LogP contribution in [-0.4, -0.2) is 17.6 Å². The van der Waals surface area contributed by atoms with E-state index in [1.54, 1.807) is 12.1 Å². The van der Waals surface area contributed by atoms with Crippen molar-refractivity contribution in [3.05, 3.63) is 82.4 Å². The minimum absolute atomic E-state index is 0. The number of carboxylic acids is 1.